The standard InChI is InChI=1S/C13H22N2O5/c1-13(2,3)20-12(18)15-9(11(17)19-4)7-8-5-6-14-10(8)16/h8-9H,5-7H2,1-4H3,(H,14,16)(H,15,18)/t8-,9+/m1/s1. The molecule has 0 unspecified atom stereocenters. The van der Waals surface area contributed by atoms with Gasteiger partial charge in [-0.1, -0.05) is 0 Å². The summed E-state index contributed by atoms with van der Waals surface area (Å²) in [6.45, 7) is 5.77. The third-order valence-electron chi connectivity index (χ3n) is 2.86. The molecule has 0 aliphatic carbocycles. The van der Waals surface area contributed by atoms with Gasteiger partial charge in [0.25, 0.3) is 0 Å². The van der Waals surface area contributed by atoms with Gasteiger partial charge < -0.3 is 20.1 Å². The van der Waals surface area contributed by atoms with Gasteiger partial charge in [0.2, 0.25) is 5.91 Å². The van der Waals surface area contributed by atoms with Crippen molar-refractivity contribution >= 4 is 18.0 Å². The van der Waals surface area contributed by atoms with Crippen LogP contribution in [0.3, 0.4) is 0 Å². The Kier molecular flexibility index (Phi) is 5.35. The average Bonchev–Trinajstić information content (AvgIpc) is 2.70. The number of ether oxygens (including phenoxy) is 2. The molecule has 2 amide bonds. The van der Waals surface area contributed by atoms with Crippen molar-refractivity contribution in [3.63, 3.8) is 0 Å². The highest BCUT2D eigenvalue weighted by Gasteiger charge is 2.32. The lowest BCUT2D eigenvalue weighted by Crippen LogP contribution is -2.45. The zero-order valence-electron chi connectivity index (χ0n) is 12.3. The number of hydrogen-bond donors (Lipinski definition) is 2. The van der Waals surface area contributed by atoms with E-state index in [9.17, 15) is 14.4 Å². The summed E-state index contributed by atoms with van der Waals surface area (Å²) >= 11 is 0. The molecule has 7 nitrogen and oxygen atoms in total. The molecule has 0 aromatic heterocycles. The van der Waals surface area contributed by atoms with E-state index in [-0.39, 0.29) is 18.2 Å². The molecule has 1 aliphatic heterocycles. The zero-order chi connectivity index (χ0) is 15.3. The molecule has 0 spiro atoms. The van der Waals surface area contributed by atoms with E-state index in [0.717, 1.165) is 0 Å². The summed E-state index contributed by atoms with van der Waals surface area (Å²) in [5, 5.41) is 5.14. The Hall–Kier alpha value is -1.79. The predicted octanol–water partition coefficient (Wildman–Crippen LogP) is 0.579. The van der Waals surface area contributed by atoms with Crippen molar-refractivity contribution in [3.05, 3.63) is 0 Å². The molecule has 20 heavy (non-hydrogen) atoms. The number of rotatable bonds is 4. The minimum atomic E-state index is -0.885. The Morgan fingerprint density at radius 1 is 1.45 bits per heavy atom. The van der Waals surface area contributed by atoms with Crippen LogP contribution >= 0.6 is 0 Å². The first-order valence-electron chi connectivity index (χ1n) is 6.58. The first-order valence-corrected chi connectivity index (χ1v) is 6.58. The largest absolute Gasteiger partial charge is 0.467 e. The summed E-state index contributed by atoms with van der Waals surface area (Å²) in [6, 6.07) is -0.885. The molecule has 2 N–H and O–H groups in total. The second-order valence-electron chi connectivity index (χ2n) is 5.73. The van der Waals surface area contributed by atoms with Crippen LogP contribution in [0, 0.1) is 5.92 Å². The molecule has 1 saturated heterocycles. The second-order valence-corrected chi connectivity index (χ2v) is 5.73. The SMILES string of the molecule is COC(=O)[C@H](C[C@H]1CCNC1=O)NC(=O)OC(C)(C)C. The lowest BCUT2D eigenvalue weighted by Gasteiger charge is -2.23. The summed E-state index contributed by atoms with van der Waals surface area (Å²) in [6.07, 6.45) is 0.145. The molecule has 1 fully saturated rings. The highest BCUT2D eigenvalue weighted by molar-refractivity contribution is 5.84. The van der Waals surface area contributed by atoms with Crippen molar-refractivity contribution in [1.82, 2.24) is 10.6 Å². The molecule has 0 saturated carbocycles. The fourth-order valence-corrected chi connectivity index (χ4v) is 1.96. The van der Waals surface area contributed by atoms with E-state index in [1.54, 1.807) is 20.8 Å². The smallest absolute Gasteiger partial charge is 0.408 e. The fourth-order valence-electron chi connectivity index (χ4n) is 1.96. The Morgan fingerprint density at radius 2 is 2.10 bits per heavy atom. The van der Waals surface area contributed by atoms with Crippen molar-refractivity contribution in [2.75, 3.05) is 13.7 Å². The van der Waals surface area contributed by atoms with E-state index < -0.39 is 23.7 Å². The van der Waals surface area contributed by atoms with Gasteiger partial charge in [-0.3, -0.25) is 4.79 Å². The quantitative estimate of drug-likeness (QED) is 0.737. The van der Waals surface area contributed by atoms with Gasteiger partial charge in [-0.2, -0.15) is 0 Å². The van der Waals surface area contributed by atoms with Crippen molar-refractivity contribution in [3.8, 4) is 0 Å². The minimum absolute atomic E-state index is 0.107. The topological polar surface area (TPSA) is 93.7 Å². The highest BCUT2D eigenvalue weighted by atomic mass is 16.6. The van der Waals surface area contributed by atoms with Crippen LogP contribution in [0.2, 0.25) is 0 Å². The van der Waals surface area contributed by atoms with Crippen LogP contribution in [0.1, 0.15) is 33.6 Å². The van der Waals surface area contributed by atoms with Gasteiger partial charge in [0, 0.05) is 12.5 Å². The lowest BCUT2D eigenvalue weighted by atomic mass is 9.98. The van der Waals surface area contributed by atoms with Crippen molar-refractivity contribution in [1.29, 1.82) is 0 Å². The number of hydrogen-bond acceptors (Lipinski definition) is 5. The molecule has 1 rings (SSSR count). The Balaban J connectivity index is 2.62. The van der Waals surface area contributed by atoms with Crippen LogP contribution in [0.4, 0.5) is 4.79 Å². The van der Waals surface area contributed by atoms with Gasteiger partial charge in [-0.05, 0) is 33.6 Å². The number of esters is 1. The summed E-state index contributed by atoms with van der Waals surface area (Å²) in [5.41, 5.74) is -0.657. The van der Waals surface area contributed by atoms with Gasteiger partial charge >= 0.3 is 12.1 Å². The summed E-state index contributed by atoms with van der Waals surface area (Å²) in [7, 11) is 1.24. The molecule has 7 heteroatoms. The maximum atomic E-state index is 11.7. The Bertz CT molecular complexity index is 389. The van der Waals surface area contributed by atoms with Crippen molar-refractivity contribution in [2.45, 2.75) is 45.3 Å². The summed E-state index contributed by atoms with van der Waals surface area (Å²) in [4.78, 5) is 34.9. The second kappa shape index (κ2) is 6.58. The van der Waals surface area contributed by atoms with Crippen LogP contribution in [0.25, 0.3) is 0 Å². The first kappa shape index (κ1) is 16.3. The van der Waals surface area contributed by atoms with Gasteiger partial charge in [-0.25, -0.2) is 9.59 Å². The van der Waals surface area contributed by atoms with E-state index in [2.05, 4.69) is 15.4 Å². The van der Waals surface area contributed by atoms with Gasteiger partial charge in [0.15, 0.2) is 0 Å². The van der Waals surface area contributed by atoms with Gasteiger partial charge in [0.05, 0.1) is 7.11 Å². The van der Waals surface area contributed by atoms with Crippen LogP contribution in [0.15, 0.2) is 0 Å². The molecule has 2 atom stereocenters. The number of amides is 2. The molecule has 1 aliphatic rings. The van der Waals surface area contributed by atoms with Gasteiger partial charge in [0.1, 0.15) is 11.6 Å². The van der Waals surface area contributed by atoms with Crippen LogP contribution in [-0.2, 0) is 19.1 Å². The highest BCUT2D eigenvalue weighted by Crippen LogP contribution is 2.17. The molecular weight excluding hydrogens is 264 g/mol. The monoisotopic (exact) mass is 286 g/mol. The number of nitrogens with one attached hydrogen (secondary N) is 2. The Labute approximate surface area is 118 Å². The maximum Gasteiger partial charge on any atom is 0.408 e. The van der Waals surface area contributed by atoms with Crippen LogP contribution in [-0.4, -0.2) is 43.3 Å². The molecular formula is C13H22N2O5. The van der Waals surface area contributed by atoms with Crippen LogP contribution in [0.5, 0.6) is 0 Å². The number of carbonyl (C=O) groups is 3. The lowest BCUT2D eigenvalue weighted by molar-refractivity contribution is -0.143. The maximum absolute atomic E-state index is 11.7. The molecule has 114 valence electrons. The third-order valence-corrected chi connectivity index (χ3v) is 2.86. The summed E-state index contributed by atoms with van der Waals surface area (Å²) < 4.78 is 9.74. The Morgan fingerprint density at radius 3 is 2.55 bits per heavy atom. The normalized spacial score (nSPS) is 20.0. The molecule has 1 heterocycles. The first-order chi connectivity index (χ1) is 9.23. The summed E-state index contributed by atoms with van der Waals surface area (Å²) in [5.74, 6) is -0.991. The van der Waals surface area contributed by atoms with Crippen molar-refractivity contribution < 1.29 is 23.9 Å². The van der Waals surface area contributed by atoms with E-state index in [1.165, 1.54) is 7.11 Å². The minimum Gasteiger partial charge on any atom is -0.467 e. The van der Waals surface area contributed by atoms with E-state index >= 15 is 0 Å². The number of alkyl carbamates (subject to hydrolysis) is 1. The molecule has 0 radical (unpaired) electrons. The van der Waals surface area contributed by atoms with E-state index in [4.69, 9.17) is 4.74 Å². The third kappa shape index (κ3) is 5.07. The van der Waals surface area contributed by atoms with E-state index in [1.807, 2.05) is 0 Å². The average molecular weight is 286 g/mol. The zero-order valence-corrected chi connectivity index (χ0v) is 12.3. The molecule has 0 bridgehead atoms. The van der Waals surface area contributed by atoms with E-state index in [0.29, 0.717) is 13.0 Å². The predicted molar refractivity (Wildman–Crippen MR) is 70.9 cm³/mol. The molecule has 0 aromatic rings. The van der Waals surface area contributed by atoms with Crippen LogP contribution < -0.4 is 10.6 Å². The number of methoxy groups -OCH3 is 1. The molecule has 0 aromatic carbocycles. The number of carbonyl (C=O) groups excluding carboxylic acids is 3. The van der Waals surface area contributed by atoms with Gasteiger partial charge in [-0.15, -0.1) is 0 Å². The fraction of sp³-hybridized carbons (Fsp3) is 0.769. The van der Waals surface area contributed by atoms with Crippen molar-refractivity contribution in [2.24, 2.45) is 5.92 Å².